The van der Waals surface area contributed by atoms with E-state index in [1.165, 1.54) is 6.92 Å². The molecule has 0 radical (unpaired) electrons. The molecule has 1 fully saturated rings. The van der Waals surface area contributed by atoms with Crippen LogP contribution in [-0.2, 0) is 16.1 Å². The summed E-state index contributed by atoms with van der Waals surface area (Å²) < 4.78 is 0. The van der Waals surface area contributed by atoms with E-state index in [1.807, 2.05) is 36.2 Å². The number of rotatable bonds is 4. The number of aliphatic carboxylic acids is 1. The molecule has 1 aliphatic heterocycles. The van der Waals surface area contributed by atoms with Gasteiger partial charge in [0.2, 0.25) is 5.91 Å². The molecule has 0 spiro atoms. The van der Waals surface area contributed by atoms with Gasteiger partial charge in [-0.05, 0) is 18.2 Å². The molecule has 1 aromatic rings. The number of carboxylic acid groups (broad SMARTS) is 1. The number of likely N-dealkylation sites (N-methyl/N-ethyl adjacent to an activating group) is 1. The first-order valence-corrected chi connectivity index (χ1v) is 6.72. The van der Waals surface area contributed by atoms with Gasteiger partial charge in [0.15, 0.2) is 0 Å². The van der Waals surface area contributed by atoms with Crippen molar-refractivity contribution in [1.82, 2.24) is 10.2 Å². The molecule has 1 aliphatic rings. The van der Waals surface area contributed by atoms with E-state index in [0.29, 0.717) is 13.1 Å². The minimum absolute atomic E-state index is 0.00905. The van der Waals surface area contributed by atoms with Crippen molar-refractivity contribution in [2.75, 3.05) is 20.1 Å². The third-order valence-corrected chi connectivity index (χ3v) is 3.74. The summed E-state index contributed by atoms with van der Waals surface area (Å²) in [6.07, 6.45) is 0. The van der Waals surface area contributed by atoms with Gasteiger partial charge in [0.25, 0.3) is 0 Å². The minimum Gasteiger partial charge on any atom is -0.481 e. The predicted octanol–water partition coefficient (Wildman–Crippen LogP) is 1.05. The fourth-order valence-electron chi connectivity index (χ4n) is 2.75. The Balaban J connectivity index is 2.17. The number of carbonyl (C=O) groups excluding carboxylic acids is 1. The number of hydrogen-bond acceptors (Lipinski definition) is 3. The number of benzene rings is 1. The van der Waals surface area contributed by atoms with Crippen molar-refractivity contribution in [2.45, 2.75) is 19.4 Å². The average Bonchev–Trinajstić information content (AvgIpc) is 2.79. The van der Waals surface area contributed by atoms with Crippen LogP contribution in [-0.4, -0.2) is 42.0 Å². The summed E-state index contributed by atoms with van der Waals surface area (Å²) >= 11 is 0. The zero-order valence-electron chi connectivity index (χ0n) is 11.8. The monoisotopic (exact) mass is 276 g/mol. The molecule has 0 aliphatic carbocycles. The van der Waals surface area contributed by atoms with E-state index < -0.39 is 5.97 Å². The van der Waals surface area contributed by atoms with Crippen molar-refractivity contribution < 1.29 is 14.7 Å². The van der Waals surface area contributed by atoms with Crippen LogP contribution >= 0.6 is 0 Å². The Bertz CT molecular complexity index is 516. The quantitative estimate of drug-likeness (QED) is 0.862. The van der Waals surface area contributed by atoms with Gasteiger partial charge in [-0.25, -0.2) is 0 Å². The lowest BCUT2D eigenvalue weighted by Crippen LogP contribution is -2.22. The molecule has 0 aromatic heterocycles. The topological polar surface area (TPSA) is 69.6 Å². The van der Waals surface area contributed by atoms with Gasteiger partial charge < -0.3 is 15.3 Å². The van der Waals surface area contributed by atoms with Crippen molar-refractivity contribution in [2.24, 2.45) is 5.92 Å². The first-order chi connectivity index (χ1) is 9.47. The molecule has 108 valence electrons. The van der Waals surface area contributed by atoms with Crippen molar-refractivity contribution in [3.63, 3.8) is 0 Å². The minimum atomic E-state index is -0.744. The predicted molar refractivity (Wildman–Crippen MR) is 75.3 cm³/mol. The molecule has 20 heavy (non-hydrogen) atoms. The van der Waals surface area contributed by atoms with E-state index in [1.54, 1.807) is 0 Å². The van der Waals surface area contributed by atoms with E-state index >= 15 is 0 Å². The fourth-order valence-corrected chi connectivity index (χ4v) is 2.75. The Hall–Kier alpha value is -1.88. The maximum Gasteiger partial charge on any atom is 0.308 e. The van der Waals surface area contributed by atoms with Crippen molar-refractivity contribution in [3.05, 3.63) is 35.4 Å². The number of carbonyl (C=O) groups is 2. The van der Waals surface area contributed by atoms with Crippen LogP contribution < -0.4 is 5.32 Å². The summed E-state index contributed by atoms with van der Waals surface area (Å²) in [5.41, 5.74) is 2.03. The molecule has 2 N–H and O–H groups in total. The third kappa shape index (κ3) is 3.36. The molecule has 5 nitrogen and oxygen atoms in total. The molecule has 0 unspecified atom stereocenters. The van der Waals surface area contributed by atoms with E-state index in [4.69, 9.17) is 0 Å². The number of nitrogens with one attached hydrogen (secondary N) is 1. The molecule has 1 amide bonds. The molecule has 0 bridgehead atoms. The van der Waals surface area contributed by atoms with Gasteiger partial charge >= 0.3 is 5.97 Å². The summed E-state index contributed by atoms with van der Waals surface area (Å²) in [5.74, 6) is -1.17. The zero-order chi connectivity index (χ0) is 14.7. The lowest BCUT2D eigenvalue weighted by molar-refractivity contribution is -0.141. The molecule has 0 saturated carbocycles. The maximum atomic E-state index is 11.3. The highest BCUT2D eigenvalue weighted by Gasteiger charge is 2.36. The molecule has 1 saturated heterocycles. The van der Waals surface area contributed by atoms with Crippen LogP contribution in [0.2, 0.25) is 0 Å². The van der Waals surface area contributed by atoms with Gasteiger partial charge in [0.05, 0.1) is 5.92 Å². The van der Waals surface area contributed by atoms with Gasteiger partial charge in [-0.15, -0.1) is 0 Å². The standard InChI is InChI=1S/C15H20N2O3/c1-10(18)16-7-11-4-3-5-12(6-11)13-8-17(2)9-14(13)15(19)20/h3-6,13-14H,7-9H2,1-2H3,(H,16,18)(H,19,20)/t13-,14+/m0/s1. The van der Waals surface area contributed by atoms with Crippen molar-refractivity contribution in [3.8, 4) is 0 Å². The third-order valence-electron chi connectivity index (χ3n) is 3.74. The molecule has 2 rings (SSSR count). The second-order valence-corrected chi connectivity index (χ2v) is 5.43. The second kappa shape index (κ2) is 6.05. The van der Waals surface area contributed by atoms with Crippen LogP contribution in [0.15, 0.2) is 24.3 Å². The summed E-state index contributed by atoms with van der Waals surface area (Å²) in [6, 6.07) is 7.82. The Morgan fingerprint density at radius 3 is 2.80 bits per heavy atom. The van der Waals surface area contributed by atoms with Crippen LogP contribution in [0.25, 0.3) is 0 Å². The van der Waals surface area contributed by atoms with Gasteiger partial charge in [0.1, 0.15) is 0 Å². The highest BCUT2D eigenvalue weighted by atomic mass is 16.4. The summed E-state index contributed by atoms with van der Waals surface area (Å²) in [7, 11) is 1.94. The first-order valence-electron chi connectivity index (χ1n) is 6.72. The molecule has 1 aromatic carbocycles. The van der Waals surface area contributed by atoms with Crippen LogP contribution in [0.1, 0.15) is 24.0 Å². The normalized spacial score (nSPS) is 22.7. The summed E-state index contributed by atoms with van der Waals surface area (Å²) in [4.78, 5) is 24.3. The number of nitrogens with zero attached hydrogens (tertiary/aromatic N) is 1. The Morgan fingerprint density at radius 2 is 2.15 bits per heavy atom. The van der Waals surface area contributed by atoms with Crippen LogP contribution in [0, 0.1) is 5.92 Å². The Labute approximate surface area is 118 Å². The van der Waals surface area contributed by atoms with E-state index in [-0.39, 0.29) is 17.7 Å². The first kappa shape index (κ1) is 14.5. The van der Waals surface area contributed by atoms with Gasteiger partial charge in [-0.1, -0.05) is 24.3 Å². The Morgan fingerprint density at radius 1 is 1.40 bits per heavy atom. The maximum absolute atomic E-state index is 11.3. The summed E-state index contributed by atoms with van der Waals surface area (Å²) in [6.45, 7) is 3.29. The summed E-state index contributed by atoms with van der Waals surface area (Å²) in [5, 5.41) is 12.1. The van der Waals surface area contributed by atoms with Crippen molar-refractivity contribution in [1.29, 1.82) is 0 Å². The zero-order valence-corrected chi connectivity index (χ0v) is 11.8. The van der Waals surface area contributed by atoms with Crippen LogP contribution in [0.4, 0.5) is 0 Å². The van der Waals surface area contributed by atoms with E-state index in [2.05, 4.69) is 5.32 Å². The van der Waals surface area contributed by atoms with Gasteiger partial charge in [-0.3, -0.25) is 9.59 Å². The van der Waals surface area contributed by atoms with Crippen LogP contribution in [0.3, 0.4) is 0 Å². The second-order valence-electron chi connectivity index (χ2n) is 5.43. The van der Waals surface area contributed by atoms with Gasteiger partial charge in [-0.2, -0.15) is 0 Å². The SMILES string of the molecule is CC(=O)NCc1cccc([C@@H]2CN(C)C[C@H]2C(=O)O)c1. The number of hydrogen-bond donors (Lipinski definition) is 2. The van der Waals surface area contributed by atoms with E-state index in [0.717, 1.165) is 17.7 Å². The molecule has 5 heteroatoms. The van der Waals surface area contributed by atoms with Crippen molar-refractivity contribution >= 4 is 11.9 Å². The van der Waals surface area contributed by atoms with Gasteiger partial charge in [0, 0.05) is 32.5 Å². The molecular weight excluding hydrogens is 256 g/mol. The Kier molecular flexibility index (Phi) is 4.39. The molecule has 2 atom stereocenters. The van der Waals surface area contributed by atoms with E-state index in [9.17, 15) is 14.7 Å². The largest absolute Gasteiger partial charge is 0.481 e. The number of carboxylic acids is 1. The molecule has 1 heterocycles. The molecular formula is C15H20N2O3. The fraction of sp³-hybridized carbons (Fsp3) is 0.467. The highest BCUT2D eigenvalue weighted by molar-refractivity contribution is 5.73. The average molecular weight is 276 g/mol. The lowest BCUT2D eigenvalue weighted by atomic mass is 9.88. The number of amides is 1. The van der Waals surface area contributed by atoms with Crippen LogP contribution in [0.5, 0.6) is 0 Å². The smallest absolute Gasteiger partial charge is 0.308 e. The highest BCUT2D eigenvalue weighted by Crippen LogP contribution is 2.32. The lowest BCUT2D eigenvalue weighted by Gasteiger charge is -2.16. The number of likely N-dealkylation sites (tertiary alicyclic amines) is 1.